The Balaban J connectivity index is 2.95. The van der Waals surface area contributed by atoms with Crippen LogP contribution in [0.1, 0.15) is 38.3 Å². The maximum atomic E-state index is 13.4. The highest BCUT2D eigenvalue weighted by atomic mass is 19.1. The van der Waals surface area contributed by atoms with Crippen LogP contribution in [-0.4, -0.2) is 0 Å². The molecule has 1 rings (SSSR count). The van der Waals surface area contributed by atoms with Gasteiger partial charge in [0.05, 0.1) is 0 Å². The smallest absolute Gasteiger partial charge is 0.133 e. The quantitative estimate of drug-likeness (QED) is 0.842. The summed E-state index contributed by atoms with van der Waals surface area (Å²) in [6.45, 7) is 3.94. The Morgan fingerprint density at radius 1 is 1.19 bits per heavy atom. The van der Waals surface area contributed by atoms with Gasteiger partial charge < -0.3 is 5.73 Å². The Labute approximate surface area is 93.5 Å². The van der Waals surface area contributed by atoms with Crippen LogP contribution in [0, 0.1) is 23.4 Å². The molecule has 2 atom stereocenters. The summed E-state index contributed by atoms with van der Waals surface area (Å²) < 4.78 is 39.4. The summed E-state index contributed by atoms with van der Waals surface area (Å²) >= 11 is 0. The van der Waals surface area contributed by atoms with Gasteiger partial charge in [-0.15, -0.1) is 0 Å². The van der Waals surface area contributed by atoms with Crippen LogP contribution in [-0.2, 0) is 0 Å². The van der Waals surface area contributed by atoms with Gasteiger partial charge in [0.15, 0.2) is 0 Å². The van der Waals surface area contributed by atoms with E-state index in [0.29, 0.717) is 18.6 Å². The summed E-state index contributed by atoms with van der Waals surface area (Å²) in [4.78, 5) is 0. The lowest BCUT2D eigenvalue weighted by molar-refractivity contribution is 0.429. The SMILES string of the molecule is CCC(C)CC(N)c1c(F)cc(F)cc1F. The standard InChI is InChI=1S/C12H16F3N/c1-3-7(2)4-11(16)12-9(14)5-8(13)6-10(12)15/h5-7,11H,3-4,16H2,1-2H3. The minimum atomic E-state index is -0.922. The van der Waals surface area contributed by atoms with Crippen molar-refractivity contribution in [1.29, 1.82) is 0 Å². The molecule has 0 bridgehead atoms. The molecule has 1 aromatic rings. The Bertz CT molecular complexity index is 342. The van der Waals surface area contributed by atoms with Crippen LogP contribution < -0.4 is 5.73 Å². The average Bonchev–Trinajstić information content (AvgIpc) is 2.15. The van der Waals surface area contributed by atoms with E-state index in [2.05, 4.69) is 0 Å². The number of rotatable bonds is 4. The third-order valence-electron chi connectivity index (χ3n) is 2.77. The zero-order valence-electron chi connectivity index (χ0n) is 9.43. The summed E-state index contributed by atoms with van der Waals surface area (Å²) in [5.41, 5.74) is 5.50. The fourth-order valence-electron chi connectivity index (χ4n) is 1.63. The lowest BCUT2D eigenvalue weighted by Crippen LogP contribution is -2.17. The molecule has 0 aromatic heterocycles. The summed E-state index contributed by atoms with van der Waals surface area (Å²) in [6.07, 6.45) is 1.37. The van der Waals surface area contributed by atoms with E-state index < -0.39 is 23.5 Å². The predicted molar refractivity (Wildman–Crippen MR) is 57.3 cm³/mol. The van der Waals surface area contributed by atoms with Crippen molar-refractivity contribution in [3.05, 3.63) is 35.1 Å². The van der Waals surface area contributed by atoms with Crippen molar-refractivity contribution in [2.75, 3.05) is 0 Å². The molecular formula is C12H16F3N. The molecule has 0 saturated carbocycles. The minimum absolute atomic E-state index is 0.221. The van der Waals surface area contributed by atoms with E-state index in [0.717, 1.165) is 6.42 Å². The van der Waals surface area contributed by atoms with E-state index >= 15 is 0 Å². The topological polar surface area (TPSA) is 26.0 Å². The molecule has 90 valence electrons. The van der Waals surface area contributed by atoms with E-state index in [1.165, 1.54) is 0 Å². The third kappa shape index (κ3) is 2.98. The highest BCUT2D eigenvalue weighted by molar-refractivity contribution is 5.24. The number of halogens is 3. The highest BCUT2D eigenvalue weighted by Gasteiger charge is 2.19. The van der Waals surface area contributed by atoms with Gasteiger partial charge in [0, 0.05) is 23.7 Å². The third-order valence-corrected chi connectivity index (χ3v) is 2.77. The molecule has 0 spiro atoms. The molecule has 16 heavy (non-hydrogen) atoms. The van der Waals surface area contributed by atoms with Crippen molar-refractivity contribution < 1.29 is 13.2 Å². The molecule has 2 unspecified atom stereocenters. The first kappa shape index (κ1) is 13.0. The molecule has 0 heterocycles. The van der Waals surface area contributed by atoms with Crippen molar-refractivity contribution in [3.8, 4) is 0 Å². The normalized spacial score (nSPS) is 14.9. The predicted octanol–water partition coefficient (Wildman–Crippen LogP) is 3.54. The lowest BCUT2D eigenvalue weighted by atomic mass is 9.94. The van der Waals surface area contributed by atoms with Crippen LogP contribution in [0.3, 0.4) is 0 Å². The van der Waals surface area contributed by atoms with Crippen LogP contribution in [0.5, 0.6) is 0 Å². The maximum absolute atomic E-state index is 13.4. The molecule has 4 heteroatoms. The van der Waals surface area contributed by atoms with Gasteiger partial charge in [0.25, 0.3) is 0 Å². The van der Waals surface area contributed by atoms with E-state index in [-0.39, 0.29) is 11.5 Å². The van der Waals surface area contributed by atoms with Crippen LogP contribution in [0.15, 0.2) is 12.1 Å². The molecule has 0 aliphatic rings. The van der Waals surface area contributed by atoms with Crippen LogP contribution in [0.25, 0.3) is 0 Å². The Morgan fingerprint density at radius 2 is 1.69 bits per heavy atom. The summed E-state index contributed by atoms with van der Waals surface area (Å²) in [5, 5.41) is 0. The molecule has 0 fully saturated rings. The van der Waals surface area contributed by atoms with Gasteiger partial charge in [0.1, 0.15) is 17.5 Å². The zero-order chi connectivity index (χ0) is 12.3. The second kappa shape index (κ2) is 5.34. The largest absolute Gasteiger partial charge is 0.324 e. The summed E-state index contributed by atoms with van der Waals surface area (Å²) in [6, 6.07) is 0.597. The average molecular weight is 231 g/mol. The van der Waals surface area contributed by atoms with Crippen LogP contribution in [0.2, 0.25) is 0 Å². The first-order valence-electron chi connectivity index (χ1n) is 5.35. The molecule has 2 N–H and O–H groups in total. The minimum Gasteiger partial charge on any atom is -0.324 e. The molecule has 1 nitrogen and oxygen atoms in total. The second-order valence-electron chi connectivity index (χ2n) is 4.14. The fourth-order valence-corrected chi connectivity index (χ4v) is 1.63. The number of hydrogen-bond donors (Lipinski definition) is 1. The van der Waals surface area contributed by atoms with Gasteiger partial charge in [-0.1, -0.05) is 20.3 Å². The Morgan fingerprint density at radius 3 is 2.12 bits per heavy atom. The zero-order valence-corrected chi connectivity index (χ0v) is 9.43. The van der Waals surface area contributed by atoms with Gasteiger partial charge in [-0.2, -0.15) is 0 Å². The van der Waals surface area contributed by atoms with Gasteiger partial charge in [-0.05, 0) is 12.3 Å². The summed E-state index contributed by atoms with van der Waals surface area (Å²) in [5.74, 6) is -2.46. The van der Waals surface area contributed by atoms with Crippen molar-refractivity contribution in [2.24, 2.45) is 11.7 Å². The lowest BCUT2D eigenvalue weighted by Gasteiger charge is -2.17. The second-order valence-corrected chi connectivity index (χ2v) is 4.14. The molecule has 0 aliphatic heterocycles. The number of benzene rings is 1. The summed E-state index contributed by atoms with van der Waals surface area (Å²) in [7, 11) is 0. The first-order chi connectivity index (χ1) is 7.45. The van der Waals surface area contributed by atoms with Gasteiger partial charge in [-0.3, -0.25) is 0 Å². The highest BCUT2D eigenvalue weighted by Crippen LogP contribution is 2.26. The van der Waals surface area contributed by atoms with Gasteiger partial charge in [0.2, 0.25) is 0 Å². The monoisotopic (exact) mass is 231 g/mol. The van der Waals surface area contributed by atoms with Crippen molar-refractivity contribution in [1.82, 2.24) is 0 Å². The molecular weight excluding hydrogens is 215 g/mol. The molecule has 0 radical (unpaired) electrons. The van der Waals surface area contributed by atoms with Crippen molar-refractivity contribution in [3.63, 3.8) is 0 Å². The first-order valence-corrected chi connectivity index (χ1v) is 5.35. The molecule has 0 amide bonds. The number of hydrogen-bond acceptors (Lipinski definition) is 1. The van der Waals surface area contributed by atoms with E-state index in [9.17, 15) is 13.2 Å². The Kier molecular flexibility index (Phi) is 4.35. The fraction of sp³-hybridized carbons (Fsp3) is 0.500. The Hall–Kier alpha value is -1.03. The van der Waals surface area contributed by atoms with Gasteiger partial charge >= 0.3 is 0 Å². The van der Waals surface area contributed by atoms with Crippen molar-refractivity contribution >= 4 is 0 Å². The van der Waals surface area contributed by atoms with E-state index in [1.807, 2.05) is 13.8 Å². The maximum Gasteiger partial charge on any atom is 0.133 e. The number of nitrogens with two attached hydrogens (primary N) is 1. The van der Waals surface area contributed by atoms with E-state index in [4.69, 9.17) is 5.73 Å². The molecule has 1 aromatic carbocycles. The van der Waals surface area contributed by atoms with Crippen LogP contribution in [0.4, 0.5) is 13.2 Å². The van der Waals surface area contributed by atoms with E-state index in [1.54, 1.807) is 0 Å². The van der Waals surface area contributed by atoms with Gasteiger partial charge in [-0.25, -0.2) is 13.2 Å². The molecule has 0 saturated heterocycles. The van der Waals surface area contributed by atoms with Crippen molar-refractivity contribution in [2.45, 2.75) is 32.7 Å². The van der Waals surface area contributed by atoms with Crippen LogP contribution >= 0.6 is 0 Å². The molecule has 0 aliphatic carbocycles.